The first-order valence-electron chi connectivity index (χ1n) is 5.77. The van der Waals surface area contributed by atoms with E-state index in [0.29, 0.717) is 10.8 Å². The molecule has 21 heavy (non-hydrogen) atoms. The van der Waals surface area contributed by atoms with Crippen molar-refractivity contribution in [3.8, 4) is 0 Å². The predicted molar refractivity (Wildman–Crippen MR) is 78.8 cm³/mol. The lowest BCUT2D eigenvalue weighted by atomic mass is 10.2. The maximum atomic E-state index is 11.8. The molecule has 0 spiro atoms. The number of thioether (sulfide) groups is 1. The number of carboxylic acids is 1. The minimum atomic E-state index is -1.15. The first kappa shape index (κ1) is 15.3. The van der Waals surface area contributed by atoms with E-state index in [-0.39, 0.29) is 22.2 Å². The van der Waals surface area contributed by atoms with Crippen molar-refractivity contribution in [1.82, 2.24) is 14.8 Å². The summed E-state index contributed by atoms with van der Waals surface area (Å²) in [4.78, 5) is 22.8. The Labute approximate surface area is 129 Å². The van der Waals surface area contributed by atoms with Gasteiger partial charge in [-0.05, 0) is 18.2 Å². The van der Waals surface area contributed by atoms with E-state index in [1.165, 1.54) is 23.9 Å². The van der Waals surface area contributed by atoms with Crippen molar-refractivity contribution in [3.05, 3.63) is 35.1 Å². The number of benzene rings is 1. The lowest BCUT2D eigenvalue weighted by Crippen LogP contribution is -2.15. The maximum absolute atomic E-state index is 11.8. The largest absolute Gasteiger partial charge is 0.478 e. The Kier molecular flexibility index (Phi) is 4.81. The van der Waals surface area contributed by atoms with Crippen LogP contribution in [0.15, 0.2) is 29.7 Å². The molecular formula is C12H11ClN4O3S. The van der Waals surface area contributed by atoms with Gasteiger partial charge in [0.2, 0.25) is 5.91 Å². The molecule has 0 unspecified atom stereocenters. The SMILES string of the molecule is Cn1cnnc1SCC(=O)Nc1ccc(Cl)c(C(=O)O)c1. The average Bonchev–Trinajstić information content (AvgIpc) is 2.84. The highest BCUT2D eigenvalue weighted by Gasteiger charge is 2.12. The number of aromatic nitrogens is 3. The molecule has 2 aromatic rings. The molecule has 2 N–H and O–H groups in total. The summed E-state index contributed by atoms with van der Waals surface area (Å²) in [5, 5.41) is 19.9. The Balaban J connectivity index is 1.98. The molecule has 1 aromatic heterocycles. The van der Waals surface area contributed by atoms with Crippen molar-refractivity contribution in [2.24, 2.45) is 7.05 Å². The standard InChI is InChI=1S/C12H11ClN4O3S/c1-17-6-14-16-12(17)21-5-10(18)15-7-2-3-9(13)8(4-7)11(19)20/h2-4,6H,5H2,1H3,(H,15,18)(H,19,20). The molecular weight excluding hydrogens is 316 g/mol. The number of rotatable bonds is 5. The Morgan fingerprint density at radius 3 is 2.86 bits per heavy atom. The van der Waals surface area contributed by atoms with Crippen molar-refractivity contribution in [3.63, 3.8) is 0 Å². The molecule has 0 atom stereocenters. The molecule has 0 aliphatic carbocycles. The number of aromatic carboxylic acids is 1. The van der Waals surface area contributed by atoms with Crippen LogP contribution >= 0.6 is 23.4 Å². The number of carbonyl (C=O) groups excluding carboxylic acids is 1. The van der Waals surface area contributed by atoms with E-state index in [0.717, 1.165) is 0 Å². The molecule has 0 aliphatic rings. The zero-order valence-electron chi connectivity index (χ0n) is 10.9. The van der Waals surface area contributed by atoms with E-state index in [1.54, 1.807) is 24.0 Å². The van der Waals surface area contributed by atoms with Crippen LogP contribution in [0.5, 0.6) is 0 Å². The summed E-state index contributed by atoms with van der Waals surface area (Å²) in [5.74, 6) is -1.29. The molecule has 7 nitrogen and oxygen atoms in total. The Morgan fingerprint density at radius 2 is 2.24 bits per heavy atom. The van der Waals surface area contributed by atoms with E-state index in [4.69, 9.17) is 16.7 Å². The van der Waals surface area contributed by atoms with Gasteiger partial charge >= 0.3 is 5.97 Å². The van der Waals surface area contributed by atoms with Crippen LogP contribution in [0.2, 0.25) is 5.02 Å². The predicted octanol–water partition coefficient (Wildman–Crippen LogP) is 1.90. The van der Waals surface area contributed by atoms with Gasteiger partial charge in [0.1, 0.15) is 6.33 Å². The van der Waals surface area contributed by atoms with Crippen LogP contribution in [0, 0.1) is 0 Å². The Bertz CT molecular complexity index is 689. The third kappa shape index (κ3) is 3.96. The quantitative estimate of drug-likeness (QED) is 0.814. The number of hydrogen-bond acceptors (Lipinski definition) is 5. The molecule has 0 bridgehead atoms. The van der Waals surface area contributed by atoms with Gasteiger partial charge in [-0.3, -0.25) is 4.79 Å². The number of nitrogens with zero attached hydrogens (tertiary/aromatic N) is 3. The zero-order chi connectivity index (χ0) is 15.4. The van der Waals surface area contributed by atoms with Crippen LogP contribution in [0.3, 0.4) is 0 Å². The molecule has 0 fully saturated rings. The second-order valence-corrected chi connectivity index (χ2v) is 5.41. The van der Waals surface area contributed by atoms with E-state index in [2.05, 4.69) is 15.5 Å². The van der Waals surface area contributed by atoms with Gasteiger partial charge in [0.15, 0.2) is 5.16 Å². The highest BCUT2D eigenvalue weighted by atomic mass is 35.5. The number of anilines is 1. The van der Waals surface area contributed by atoms with E-state index < -0.39 is 5.97 Å². The van der Waals surface area contributed by atoms with E-state index >= 15 is 0 Å². The fraction of sp³-hybridized carbons (Fsp3) is 0.167. The highest BCUT2D eigenvalue weighted by Crippen LogP contribution is 2.21. The van der Waals surface area contributed by atoms with Crippen molar-refractivity contribution in [1.29, 1.82) is 0 Å². The summed E-state index contributed by atoms with van der Waals surface area (Å²) in [7, 11) is 1.78. The van der Waals surface area contributed by atoms with E-state index in [1.807, 2.05) is 0 Å². The molecule has 110 valence electrons. The summed E-state index contributed by atoms with van der Waals surface area (Å²) in [6.45, 7) is 0. The molecule has 1 amide bonds. The number of aryl methyl sites for hydroxylation is 1. The second-order valence-electron chi connectivity index (χ2n) is 4.06. The maximum Gasteiger partial charge on any atom is 0.337 e. The van der Waals surface area contributed by atoms with Gasteiger partial charge in [0.05, 0.1) is 16.3 Å². The third-order valence-corrected chi connectivity index (χ3v) is 3.85. The zero-order valence-corrected chi connectivity index (χ0v) is 12.5. The van der Waals surface area contributed by atoms with Gasteiger partial charge in [-0.15, -0.1) is 10.2 Å². The molecule has 1 heterocycles. The summed E-state index contributed by atoms with van der Waals surface area (Å²) >= 11 is 6.99. The summed E-state index contributed by atoms with van der Waals surface area (Å²) < 4.78 is 1.70. The van der Waals surface area contributed by atoms with Crippen LogP contribution in [-0.4, -0.2) is 37.5 Å². The number of hydrogen-bond donors (Lipinski definition) is 2. The minimum absolute atomic E-state index is 0.0598. The molecule has 0 saturated heterocycles. The van der Waals surface area contributed by atoms with Crippen molar-refractivity contribution >= 4 is 40.9 Å². The van der Waals surface area contributed by atoms with Crippen molar-refractivity contribution in [2.75, 3.05) is 11.1 Å². The molecule has 9 heteroatoms. The Morgan fingerprint density at radius 1 is 1.48 bits per heavy atom. The molecule has 2 rings (SSSR count). The molecule has 0 saturated carbocycles. The normalized spacial score (nSPS) is 10.4. The smallest absolute Gasteiger partial charge is 0.337 e. The number of amides is 1. The monoisotopic (exact) mass is 326 g/mol. The first-order chi connectivity index (χ1) is 9.97. The van der Waals surface area contributed by atoms with Gasteiger partial charge in [0, 0.05) is 12.7 Å². The molecule has 0 aliphatic heterocycles. The highest BCUT2D eigenvalue weighted by molar-refractivity contribution is 7.99. The third-order valence-electron chi connectivity index (χ3n) is 2.48. The number of carboxylic acid groups (broad SMARTS) is 1. The van der Waals surface area contributed by atoms with Gasteiger partial charge in [-0.1, -0.05) is 23.4 Å². The Hall–Kier alpha value is -2.06. The topological polar surface area (TPSA) is 97.1 Å². The lowest BCUT2D eigenvalue weighted by Gasteiger charge is -2.07. The van der Waals surface area contributed by atoms with Gasteiger partial charge in [0.25, 0.3) is 0 Å². The first-order valence-corrected chi connectivity index (χ1v) is 7.13. The van der Waals surface area contributed by atoms with Crippen LogP contribution < -0.4 is 5.32 Å². The van der Waals surface area contributed by atoms with E-state index in [9.17, 15) is 9.59 Å². The van der Waals surface area contributed by atoms with Crippen LogP contribution in [0.4, 0.5) is 5.69 Å². The lowest BCUT2D eigenvalue weighted by molar-refractivity contribution is -0.113. The minimum Gasteiger partial charge on any atom is -0.478 e. The van der Waals surface area contributed by atoms with Gasteiger partial charge < -0.3 is 15.0 Å². The van der Waals surface area contributed by atoms with Crippen LogP contribution in [-0.2, 0) is 11.8 Å². The summed E-state index contributed by atoms with van der Waals surface area (Å²) in [6.07, 6.45) is 1.54. The van der Waals surface area contributed by atoms with Gasteiger partial charge in [-0.2, -0.15) is 0 Å². The fourth-order valence-electron chi connectivity index (χ4n) is 1.50. The molecule has 1 aromatic carbocycles. The van der Waals surface area contributed by atoms with Crippen LogP contribution in [0.25, 0.3) is 0 Å². The number of halogens is 1. The number of nitrogens with one attached hydrogen (secondary N) is 1. The molecule has 0 radical (unpaired) electrons. The summed E-state index contributed by atoms with van der Waals surface area (Å²) in [5.41, 5.74) is 0.316. The van der Waals surface area contributed by atoms with Gasteiger partial charge in [-0.25, -0.2) is 4.79 Å². The van der Waals surface area contributed by atoms with Crippen molar-refractivity contribution < 1.29 is 14.7 Å². The van der Waals surface area contributed by atoms with Crippen LogP contribution in [0.1, 0.15) is 10.4 Å². The fourth-order valence-corrected chi connectivity index (χ4v) is 2.38. The second kappa shape index (κ2) is 6.59. The number of carbonyl (C=O) groups is 2. The summed E-state index contributed by atoms with van der Waals surface area (Å²) in [6, 6.07) is 4.28. The average molecular weight is 327 g/mol. The van der Waals surface area contributed by atoms with Crippen molar-refractivity contribution in [2.45, 2.75) is 5.16 Å².